The fourth-order valence-corrected chi connectivity index (χ4v) is 4.81. The number of benzene rings is 1. The minimum atomic E-state index is -4.56. The molecule has 0 bridgehead atoms. The lowest BCUT2D eigenvalue weighted by molar-refractivity contribution is -0.212. The second kappa shape index (κ2) is 16.0. The number of ether oxygens (including phenoxy) is 1. The van der Waals surface area contributed by atoms with Gasteiger partial charge in [-0.1, -0.05) is 57.5 Å². The molecule has 2 aromatic heterocycles. The van der Waals surface area contributed by atoms with Crippen molar-refractivity contribution in [1.82, 2.24) is 20.3 Å². The van der Waals surface area contributed by atoms with Crippen LogP contribution in [-0.2, 0) is 6.54 Å². The first-order chi connectivity index (χ1) is 21.2. The van der Waals surface area contributed by atoms with Crippen LogP contribution in [0.5, 0.6) is 5.75 Å². The van der Waals surface area contributed by atoms with Crippen molar-refractivity contribution >= 4 is 0 Å². The maximum absolute atomic E-state index is 13.4. The molecule has 7 nitrogen and oxygen atoms in total. The van der Waals surface area contributed by atoms with Crippen LogP contribution >= 0.6 is 0 Å². The van der Waals surface area contributed by atoms with Crippen molar-refractivity contribution < 1.29 is 36.2 Å². The van der Waals surface area contributed by atoms with Crippen molar-refractivity contribution in [3.05, 3.63) is 71.3 Å². The van der Waals surface area contributed by atoms with Gasteiger partial charge >= 0.3 is 12.4 Å². The van der Waals surface area contributed by atoms with Gasteiger partial charge in [0.15, 0.2) is 0 Å². The van der Waals surface area contributed by atoms with E-state index in [0.717, 1.165) is 11.1 Å². The van der Waals surface area contributed by atoms with Gasteiger partial charge in [-0.05, 0) is 69.2 Å². The average molecular weight is 658 g/mol. The number of hydrogen-bond donors (Lipinski definition) is 3. The molecule has 0 amide bonds. The van der Waals surface area contributed by atoms with E-state index in [0.29, 0.717) is 22.9 Å². The van der Waals surface area contributed by atoms with Gasteiger partial charge in [0, 0.05) is 12.7 Å². The molecule has 2 unspecified atom stereocenters. The maximum Gasteiger partial charge on any atom is 0.409 e. The predicted octanol–water partition coefficient (Wildman–Crippen LogP) is 7.26. The van der Waals surface area contributed by atoms with E-state index in [1.807, 2.05) is 19.1 Å². The number of aromatic nitrogens is 3. The van der Waals surface area contributed by atoms with Crippen LogP contribution in [0, 0.1) is 32.6 Å². The number of pyridine rings is 1. The van der Waals surface area contributed by atoms with Gasteiger partial charge in [0.1, 0.15) is 29.3 Å². The lowest BCUT2D eigenvalue weighted by Gasteiger charge is -2.36. The molecule has 0 aliphatic heterocycles. The molecule has 1 aromatic carbocycles. The summed E-state index contributed by atoms with van der Waals surface area (Å²) in [7, 11) is 0. The van der Waals surface area contributed by atoms with E-state index < -0.39 is 36.6 Å². The summed E-state index contributed by atoms with van der Waals surface area (Å²) in [6.45, 7) is 10.6. The monoisotopic (exact) mass is 657 g/mol. The van der Waals surface area contributed by atoms with Gasteiger partial charge in [-0.2, -0.15) is 26.3 Å². The summed E-state index contributed by atoms with van der Waals surface area (Å²) in [5.74, 6) is 0.485. The van der Waals surface area contributed by atoms with Crippen LogP contribution in [0.3, 0.4) is 0 Å². The van der Waals surface area contributed by atoms with Crippen LogP contribution in [0.2, 0.25) is 0 Å². The van der Waals surface area contributed by atoms with Crippen molar-refractivity contribution in [3.63, 3.8) is 0 Å². The van der Waals surface area contributed by atoms with Gasteiger partial charge in [0.25, 0.3) is 0 Å². The number of hydrogen-bond acceptors (Lipinski definition) is 7. The van der Waals surface area contributed by atoms with Crippen molar-refractivity contribution in [1.29, 1.82) is 0 Å². The number of rotatable bonds is 12. The molecule has 3 rings (SSSR count). The molecule has 2 heterocycles. The normalized spacial score (nSPS) is 14.8. The Morgan fingerprint density at radius 3 is 1.87 bits per heavy atom. The summed E-state index contributed by atoms with van der Waals surface area (Å²) in [4.78, 5) is 12.7. The van der Waals surface area contributed by atoms with E-state index in [2.05, 4.69) is 20.3 Å². The largest absolute Gasteiger partial charge is 0.489 e. The molecule has 0 radical (unpaired) electrons. The number of alkyl halides is 6. The maximum atomic E-state index is 13.4. The summed E-state index contributed by atoms with van der Waals surface area (Å²) >= 11 is 0. The van der Waals surface area contributed by atoms with E-state index in [1.54, 1.807) is 78.1 Å². The quantitative estimate of drug-likeness (QED) is 0.176. The predicted molar refractivity (Wildman–Crippen MR) is 166 cm³/mol. The van der Waals surface area contributed by atoms with Crippen LogP contribution in [0.25, 0.3) is 11.4 Å². The van der Waals surface area contributed by atoms with Gasteiger partial charge in [-0.3, -0.25) is 5.32 Å². The second-order valence-corrected chi connectivity index (χ2v) is 12.5. The molecule has 0 fully saturated rings. The Bertz CT molecular complexity index is 1380. The van der Waals surface area contributed by atoms with Crippen LogP contribution in [-0.4, -0.2) is 56.7 Å². The standard InChI is InChI=1S/C18H23F3N4O.C15H22F3NO/c1-11(2)9-17(22,18(19,20)21)10-26-16-6-5-14(24-12(16)3)15-7-8-23-13(4)25-15;1-11(2)8-14(10-20,15(16,17)18)19-9-13-6-4-12(3)5-7-13/h5-8,11H,9-10,22H2,1-4H3;4-7,11,19-20H,8-10H2,1-3H3. The molecule has 0 aliphatic carbocycles. The van der Waals surface area contributed by atoms with Crippen LogP contribution < -0.4 is 15.8 Å². The number of aliphatic hydroxyl groups excluding tert-OH is 1. The van der Waals surface area contributed by atoms with Crippen molar-refractivity contribution in [3.8, 4) is 17.1 Å². The highest BCUT2D eigenvalue weighted by Crippen LogP contribution is 2.36. The van der Waals surface area contributed by atoms with Crippen molar-refractivity contribution in [2.24, 2.45) is 17.6 Å². The zero-order valence-corrected chi connectivity index (χ0v) is 27.4. The Balaban J connectivity index is 0.000000332. The average Bonchev–Trinajstić information content (AvgIpc) is 2.94. The SMILES string of the molecule is Cc1ccc(CNC(CO)(CC(C)C)C(F)(F)F)cc1.Cc1nccc(-c2ccc(OCC(N)(CC(C)C)C(F)(F)F)c(C)n2)n1. The summed E-state index contributed by atoms with van der Waals surface area (Å²) in [5.41, 5.74) is 4.49. The number of nitrogens with zero attached hydrogens (tertiary/aromatic N) is 3. The molecule has 3 aromatic rings. The summed E-state index contributed by atoms with van der Waals surface area (Å²) < 4.78 is 85.3. The highest BCUT2D eigenvalue weighted by atomic mass is 19.4. The van der Waals surface area contributed by atoms with E-state index in [1.165, 1.54) is 0 Å². The lowest BCUT2D eigenvalue weighted by atomic mass is 9.88. The van der Waals surface area contributed by atoms with Gasteiger partial charge in [-0.15, -0.1) is 0 Å². The first-order valence-electron chi connectivity index (χ1n) is 15.0. The fourth-order valence-electron chi connectivity index (χ4n) is 4.81. The van der Waals surface area contributed by atoms with Crippen LogP contribution in [0.1, 0.15) is 63.2 Å². The Morgan fingerprint density at radius 2 is 1.39 bits per heavy atom. The van der Waals surface area contributed by atoms with Gasteiger partial charge in [0.2, 0.25) is 0 Å². The Labute approximate surface area is 267 Å². The number of halogens is 6. The van der Waals surface area contributed by atoms with Crippen LogP contribution in [0.15, 0.2) is 48.7 Å². The molecular formula is C33H45F6N5O2. The van der Waals surface area contributed by atoms with Crippen molar-refractivity contribution in [2.75, 3.05) is 13.2 Å². The Kier molecular flexibility index (Phi) is 13.5. The van der Waals surface area contributed by atoms with Gasteiger partial charge < -0.3 is 15.6 Å². The number of nitrogens with two attached hydrogens (primary N) is 1. The highest BCUT2D eigenvalue weighted by Gasteiger charge is 2.54. The molecule has 4 N–H and O–H groups in total. The third-order valence-corrected chi connectivity index (χ3v) is 7.22. The number of aliphatic hydroxyl groups is 1. The summed E-state index contributed by atoms with van der Waals surface area (Å²) in [5, 5.41) is 11.8. The zero-order valence-electron chi connectivity index (χ0n) is 27.4. The number of nitrogens with one attached hydrogen (secondary N) is 1. The Morgan fingerprint density at radius 1 is 0.804 bits per heavy atom. The summed E-state index contributed by atoms with van der Waals surface area (Å²) in [6, 6.07) is 12.2. The highest BCUT2D eigenvalue weighted by molar-refractivity contribution is 5.55. The fraction of sp³-hybridized carbons (Fsp3) is 0.545. The Hall–Kier alpha value is -3.29. The third-order valence-electron chi connectivity index (χ3n) is 7.22. The second-order valence-electron chi connectivity index (χ2n) is 12.5. The van der Waals surface area contributed by atoms with E-state index in [9.17, 15) is 31.4 Å². The van der Waals surface area contributed by atoms with E-state index in [-0.39, 0.29) is 37.0 Å². The minimum absolute atomic E-state index is 0.0765. The lowest BCUT2D eigenvalue weighted by Crippen LogP contribution is -2.59. The topological polar surface area (TPSA) is 106 Å². The smallest absolute Gasteiger partial charge is 0.409 e. The first-order valence-corrected chi connectivity index (χ1v) is 15.0. The molecular weight excluding hydrogens is 612 g/mol. The van der Waals surface area contributed by atoms with E-state index in [4.69, 9.17) is 10.5 Å². The zero-order chi connectivity index (χ0) is 34.9. The molecule has 0 spiro atoms. The molecule has 46 heavy (non-hydrogen) atoms. The van der Waals surface area contributed by atoms with E-state index >= 15 is 0 Å². The summed E-state index contributed by atoms with van der Waals surface area (Å²) in [6.07, 6.45) is -7.80. The molecule has 0 saturated heterocycles. The minimum Gasteiger partial charge on any atom is -0.489 e. The molecule has 256 valence electrons. The van der Waals surface area contributed by atoms with Crippen LogP contribution in [0.4, 0.5) is 26.3 Å². The molecule has 2 atom stereocenters. The first kappa shape index (κ1) is 38.9. The molecule has 13 heteroatoms. The molecule has 0 saturated carbocycles. The molecule has 0 aliphatic rings. The third kappa shape index (κ3) is 10.9. The van der Waals surface area contributed by atoms with Gasteiger partial charge in [-0.25, -0.2) is 15.0 Å². The van der Waals surface area contributed by atoms with Gasteiger partial charge in [0.05, 0.1) is 23.7 Å². The van der Waals surface area contributed by atoms with Crippen molar-refractivity contribution in [2.45, 2.75) is 91.3 Å². The number of aryl methyl sites for hydroxylation is 3.